The van der Waals surface area contributed by atoms with E-state index in [4.69, 9.17) is 10.5 Å². The summed E-state index contributed by atoms with van der Waals surface area (Å²) >= 11 is 3.43. The van der Waals surface area contributed by atoms with Gasteiger partial charge in [-0.25, -0.2) is 4.79 Å². The standard InChI is InChI=1S/C23H23BrN4O4/c1-32-14-13-27(19(29)12-11-17-9-5-6-10-18(17)24)20-21(25)28(23(31)26-22(20)30)15-16-7-3-2-4-8-16/h2-12H,13-15,25H2,1H3,(H,26,30,31)/b12-11+. The number of nitrogens with one attached hydrogen (secondary N) is 1. The molecule has 1 amide bonds. The second-order valence-electron chi connectivity index (χ2n) is 6.90. The SMILES string of the molecule is COCCN(C(=O)/C=C/c1ccccc1Br)c1c(N)n(Cc2ccccc2)c(=O)[nH]c1=O. The van der Waals surface area contributed by atoms with Crippen molar-refractivity contribution in [1.82, 2.24) is 9.55 Å². The highest BCUT2D eigenvalue weighted by Gasteiger charge is 2.23. The number of amides is 1. The molecule has 0 bridgehead atoms. The molecule has 8 nitrogen and oxygen atoms in total. The molecule has 0 atom stereocenters. The lowest BCUT2D eigenvalue weighted by Crippen LogP contribution is -2.42. The number of benzene rings is 2. The smallest absolute Gasteiger partial charge is 0.330 e. The quantitative estimate of drug-likeness (QED) is 0.463. The van der Waals surface area contributed by atoms with Gasteiger partial charge in [-0.05, 0) is 23.3 Å². The first-order valence-corrected chi connectivity index (χ1v) is 10.6. The fraction of sp³-hybridized carbons (Fsp3) is 0.174. The first-order valence-electron chi connectivity index (χ1n) is 9.82. The van der Waals surface area contributed by atoms with E-state index in [1.807, 2.05) is 54.6 Å². The number of methoxy groups -OCH3 is 1. The zero-order valence-electron chi connectivity index (χ0n) is 17.5. The summed E-state index contributed by atoms with van der Waals surface area (Å²) in [6.45, 7) is 0.395. The number of H-pyrrole nitrogens is 1. The van der Waals surface area contributed by atoms with Crippen molar-refractivity contribution in [2.24, 2.45) is 0 Å². The monoisotopic (exact) mass is 498 g/mol. The lowest BCUT2D eigenvalue weighted by molar-refractivity contribution is -0.114. The van der Waals surface area contributed by atoms with Crippen LogP contribution in [-0.2, 0) is 16.1 Å². The molecule has 1 aromatic heterocycles. The van der Waals surface area contributed by atoms with Gasteiger partial charge in [0.15, 0.2) is 5.69 Å². The predicted molar refractivity (Wildman–Crippen MR) is 129 cm³/mol. The van der Waals surface area contributed by atoms with E-state index >= 15 is 0 Å². The third kappa shape index (κ3) is 5.43. The van der Waals surface area contributed by atoms with E-state index in [-0.39, 0.29) is 31.2 Å². The fourth-order valence-electron chi connectivity index (χ4n) is 3.14. The number of rotatable bonds is 8. The van der Waals surface area contributed by atoms with Crippen LogP contribution in [-0.4, -0.2) is 35.7 Å². The minimum absolute atomic E-state index is 0.0758. The zero-order valence-corrected chi connectivity index (χ0v) is 19.0. The summed E-state index contributed by atoms with van der Waals surface area (Å²) in [5.74, 6) is -0.568. The van der Waals surface area contributed by atoms with Crippen LogP contribution in [0.3, 0.4) is 0 Å². The molecule has 32 heavy (non-hydrogen) atoms. The number of anilines is 2. The Hall–Kier alpha value is -3.43. The molecular weight excluding hydrogens is 476 g/mol. The van der Waals surface area contributed by atoms with Crippen LogP contribution >= 0.6 is 15.9 Å². The van der Waals surface area contributed by atoms with E-state index in [1.54, 1.807) is 6.08 Å². The van der Waals surface area contributed by atoms with Crippen molar-refractivity contribution in [3.05, 3.63) is 97.1 Å². The highest BCUT2D eigenvalue weighted by molar-refractivity contribution is 9.10. The summed E-state index contributed by atoms with van der Waals surface area (Å²) in [6.07, 6.45) is 2.98. The van der Waals surface area contributed by atoms with Gasteiger partial charge in [0, 0.05) is 24.2 Å². The maximum absolute atomic E-state index is 13.1. The molecule has 9 heteroatoms. The Bertz CT molecular complexity index is 1230. The van der Waals surface area contributed by atoms with Crippen LogP contribution in [0.4, 0.5) is 11.5 Å². The van der Waals surface area contributed by atoms with Gasteiger partial charge in [-0.1, -0.05) is 64.5 Å². The third-order valence-electron chi connectivity index (χ3n) is 4.76. The highest BCUT2D eigenvalue weighted by Crippen LogP contribution is 2.20. The zero-order chi connectivity index (χ0) is 23.1. The second-order valence-corrected chi connectivity index (χ2v) is 7.76. The lowest BCUT2D eigenvalue weighted by atomic mass is 10.2. The van der Waals surface area contributed by atoms with Crippen LogP contribution in [0.5, 0.6) is 0 Å². The first-order chi connectivity index (χ1) is 15.4. The van der Waals surface area contributed by atoms with Gasteiger partial charge in [0.25, 0.3) is 11.5 Å². The molecule has 3 N–H and O–H groups in total. The maximum atomic E-state index is 13.1. The number of hydrogen-bond acceptors (Lipinski definition) is 5. The molecule has 0 spiro atoms. The number of hydrogen-bond donors (Lipinski definition) is 2. The average Bonchev–Trinajstić information content (AvgIpc) is 2.78. The summed E-state index contributed by atoms with van der Waals surface area (Å²) in [7, 11) is 1.49. The average molecular weight is 499 g/mol. The molecule has 1 heterocycles. The molecule has 166 valence electrons. The Morgan fingerprint density at radius 2 is 1.84 bits per heavy atom. The largest absolute Gasteiger partial charge is 0.383 e. The van der Waals surface area contributed by atoms with Gasteiger partial charge in [0.2, 0.25) is 0 Å². The van der Waals surface area contributed by atoms with Crippen LogP contribution in [0.15, 0.2) is 74.7 Å². The molecule has 0 fully saturated rings. The molecule has 0 radical (unpaired) electrons. The first kappa shape index (κ1) is 23.2. The number of aromatic nitrogens is 2. The van der Waals surface area contributed by atoms with Crippen LogP contribution in [0, 0.1) is 0 Å². The number of ether oxygens (including phenoxy) is 1. The van der Waals surface area contributed by atoms with E-state index in [1.165, 1.54) is 22.7 Å². The number of halogens is 1. The Balaban J connectivity index is 2.02. The van der Waals surface area contributed by atoms with E-state index in [0.717, 1.165) is 15.6 Å². The van der Waals surface area contributed by atoms with Gasteiger partial charge in [-0.15, -0.1) is 0 Å². The van der Waals surface area contributed by atoms with Crippen molar-refractivity contribution >= 4 is 39.4 Å². The van der Waals surface area contributed by atoms with Gasteiger partial charge in [0.1, 0.15) is 5.82 Å². The predicted octanol–water partition coefficient (Wildman–Crippen LogP) is 2.62. The summed E-state index contributed by atoms with van der Waals surface area (Å²) in [5, 5.41) is 0. The van der Waals surface area contributed by atoms with Gasteiger partial charge < -0.3 is 10.5 Å². The second kappa shape index (κ2) is 10.7. The lowest BCUT2D eigenvalue weighted by Gasteiger charge is -2.23. The highest BCUT2D eigenvalue weighted by atomic mass is 79.9. The summed E-state index contributed by atoms with van der Waals surface area (Å²) < 4.78 is 7.16. The van der Waals surface area contributed by atoms with Gasteiger partial charge >= 0.3 is 5.69 Å². The van der Waals surface area contributed by atoms with Crippen molar-refractivity contribution in [2.75, 3.05) is 30.9 Å². The minimum Gasteiger partial charge on any atom is -0.383 e. The van der Waals surface area contributed by atoms with Crippen LogP contribution in [0.2, 0.25) is 0 Å². The van der Waals surface area contributed by atoms with Crippen molar-refractivity contribution in [3.8, 4) is 0 Å². The number of carbonyl (C=O) groups excluding carboxylic acids is 1. The van der Waals surface area contributed by atoms with E-state index < -0.39 is 17.2 Å². The normalized spacial score (nSPS) is 11.1. The summed E-state index contributed by atoms with van der Waals surface area (Å²) in [6, 6.07) is 16.6. The van der Waals surface area contributed by atoms with Crippen LogP contribution in [0.1, 0.15) is 11.1 Å². The van der Waals surface area contributed by atoms with Gasteiger partial charge in [-0.3, -0.25) is 24.0 Å². The van der Waals surface area contributed by atoms with E-state index in [9.17, 15) is 14.4 Å². The fourth-order valence-corrected chi connectivity index (χ4v) is 3.55. The number of carbonyl (C=O) groups is 1. The summed E-state index contributed by atoms with van der Waals surface area (Å²) in [5.41, 5.74) is 6.38. The molecule has 0 unspecified atom stereocenters. The Morgan fingerprint density at radius 1 is 1.16 bits per heavy atom. The molecule has 0 aliphatic rings. The number of nitrogens with zero attached hydrogens (tertiary/aromatic N) is 2. The molecule has 0 saturated heterocycles. The van der Waals surface area contributed by atoms with Crippen molar-refractivity contribution in [1.29, 1.82) is 0 Å². The van der Waals surface area contributed by atoms with E-state index in [0.29, 0.717) is 0 Å². The van der Waals surface area contributed by atoms with Gasteiger partial charge in [0.05, 0.1) is 13.2 Å². The number of nitrogen functional groups attached to an aromatic ring is 1. The number of nitrogens with two attached hydrogens (primary N) is 1. The van der Waals surface area contributed by atoms with Crippen LogP contribution in [0.25, 0.3) is 6.08 Å². The van der Waals surface area contributed by atoms with Crippen LogP contribution < -0.4 is 21.9 Å². The molecule has 3 rings (SSSR count). The van der Waals surface area contributed by atoms with Gasteiger partial charge in [-0.2, -0.15) is 0 Å². The Morgan fingerprint density at radius 3 is 2.53 bits per heavy atom. The van der Waals surface area contributed by atoms with Crippen molar-refractivity contribution < 1.29 is 9.53 Å². The Labute approximate surface area is 193 Å². The molecule has 0 aliphatic heterocycles. The number of aromatic amines is 1. The molecule has 0 aliphatic carbocycles. The maximum Gasteiger partial charge on any atom is 0.330 e. The minimum atomic E-state index is -0.740. The van der Waals surface area contributed by atoms with E-state index in [2.05, 4.69) is 20.9 Å². The molecule has 0 saturated carbocycles. The molecular formula is C23H23BrN4O4. The molecule has 3 aromatic rings. The Kier molecular flexibility index (Phi) is 7.80. The third-order valence-corrected chi connectivity index (χ3v) is 5.49. The van der Waals surface area contributed by atoms with Crippen molar-refractivity contribution in [2.45, 2.75) is 6.54 Å². The van der Waals surface area contributed by atoms with Crippen molar-refractivity contribution in [3.63, 3.8) is 0 Å². The topological polar surface area (TPSA) is 110 Å². The summed E-state index contributed by atoms with van der Waals surface area (Å²) in [4.78, 5) is 41.7. The molecule has 2 aromatic carbocycles.